The number of benzene rings is 3. The van der Waals surface area contributed by atoms with Gasteiger partial charge in [-0.2, -0.15) is 25.3 Å². The molecule has 0 aliphatic rings. The van der Waals surface area contributed by atoms with Crippen molar-refractivity contribution in [3.05, 3.63) is 72.8 Å². The van der Waals surface area contributed by atoms with Crippen LogP contribution in [-0.2, 0) is 30.4 Å². The van der Waals surface area contributed by atoms with E-state index in [0.29, 0.717) is 0 Å². The second-order valence-corrected chi connectivity index (χ2v) is 12.4. The fourth-order valence-corrected chi connectivity index (χ4v) is 4.87. The molecule has 0 saturated carbocycles. The molecule has 0 saturated heterocycles. The van der Waals surface area contributed by atoms with Gasteiger partial charge < -0.3 is 1.43 Å². The van der Waals surface area contributed by atoms with Crippen molar-refractivity contribution < 1.29 is 69.9 Å². The third-order valence-corrected chi connectivity index (χ3v) is 7.09. The van der Waals surface area contributed by atoms with Crippen molar-refractivity contribution >= 4 is 74.0 Å². The fourth-order valence-electron chi connectivity index (χ4n) is 2.03. The van der Waals surface area contributed by atoms with Gasteiger partial charge >= 0.3 is 29.6 Å². The normalized spacial score (nSPS) is 11.1. The van der Waals surface area contributed by atoms with Gasteiger partial charge in [0.2, 0.25) is 0 Å². The Morgan fingerprint density at radius 3 is 0.824 bits per heavy atom. The summed E-state index contributed by atoms with van der Waals surface area (Å²) in [7, 11) is -5.08. The van der Waals surface area contributed by atoms with Crippen LogP contribution in [0.15, 0.2) is 87.5 Å². The predicted octanol–water partition coefficient (Wildman–Crippen LogP) is -1.58. The SMILES string of the molecule is O=S(=O)(O)c1cccc(P)c1.O=S(=O)(O)c1cccc(P)c1.O=S(=O)(O)c1cccc(P)c1.[H-].[Na+]. The van der Waals surface area contributed by atoms with E-state index in [0.717, 1.165) is 15.9 Å². The minimum absolute atomic E-state index is 0. The first-order valence-electron chi connectivity index (χ1n) is 8.49. The van der Waals surface area contributed by atoms with Crippen molar-refractivity contribution in [3.63, 3.8) is 0 Å². The summed E-state index contributed by atoms with van der Waals surface area (Å²) in [6.07, 6.45) is 0. The van der Waals surface area contributed by atoms with Crippen molar-refractivity contribution in [2.45, 2.75) is 14.7 Å². The van der Waals surface area contributed by atoms with Gasteiger partial charge in [0.1, 0.15) is 0 Å². The first-order chi connectivity index (χ1) is 15.0. The molecule has 3 N–H and O–H groups in total. The Balaban J connectivity index is 0. The number of rotatable bonds is 3. The van der Waals surface area contributed by atoms with Crippen LogP contribution in [0.3, 0.4) is 0 Å². The average molecular weight is 594 g/mol. The molecule has 0 heterocycles. The molecule has 9 nitrogen and oxygen atoms in total. The smallest absolute Gasteiger partial charge is 1.00 e. The van der Waals surface area contributed by atoms with E-state index in [9.17, 15) is 25.3 Å². The Bertz CT molecular complexity index is 1260. The van der Waals surface area contributed by atoms with Crippen molar-refractivity contribution in [3.8, 4) is 0 Å². The summed E-state index contributed by atoms with van der Waals surface area (Å²) < 4.78 is 88.9. The third kappa shape index (κ3) is 13.1. The van der Waals surface area contributed by atoms with Gasteiger partial charge in [0, 0.05) is 0 Å². The molecule has 0 aliphatic heterocycles. The molecule has 3 aromatic carbocycles. The number of hydrogen-bond donors (Lipinski definition) is 3. The van der Waals surface area contributed by atoms with Crippen LogP contribution in [-0.4, -0.2) is 38.9 Å². The molecule has 0 aromatic heterocycles. The zero-order chi connectivity index (χ0) is 25.4. The van der Waals surface area contributed by atoms with Crippen molar-refractivity contribution in [1.29, 1.82) is 0 Å². The first kappa shape index (κ1) is 33.7. The maximum atomic E-state index is 10.5. The Morgan fingerprint density at radius 2 is 0.706 bits per heavy atom. The summed E-state index contributed by atoms with van der Waals surface area (Å²) in [6, 6.07) is 18.0. The van der Waals surface area contributed by atoms with Gasteiger partial charge in [0.15, 0.2) is 0 Å². The van der Waals surface area contributed by atoms with Crippen LogP contribution in [0.2, 0.25) is 0 Å². The van der Waals surface area contributed by atoms with Crippen LogP contribution in [0, 0.1) is 0 Å². The fraction of sp³-hybridized carbons (Fsp3) is 0. The molecule has 3 unspecified atom stereocenters. The molecular formula is C18H22NaO9P3S3. The van der Waals surface area contributed by atoms with Gasteiger partial charge in [0.05, 0.1) is 14.7 Å². The molecule has 0 fully saturated rings. The van der Waals surface area contributed by atoms with Gasteiger partial charge in [-0.1, -0.05) is 36.4 Å². The zero-order valence-corrected chi connectivity index (χ0v) is 25.6. The van der Waals surface area contributed by atoms with Gasteiger partial charge in [-0.05, 0) is 52.3 Å². The van der Waals surface area contributed by atoms with Crippen LogP contribution in [0.4, 0.5) is 0 Å². The molecule has 0 spiro atoms. The summed E-state index contributed by atoms with van der Waals surface area (Å²) in [5.41, 5.74) is 0. The zero-order valence-electron chi connectivity index (χ0n) is 18.7. The van der Waals surface area contributed by atoms with E-state index in [-0.39, 0.29) is 45.7 Å². The maximum absolute atomic E-state index is 10.5. The third-order valence-electron chi connectivity index (χ3n) is 3.47. The van der Waals surface area contributed by atoms with Gasteiger partial charge in [-0.15, -0.1) is 27.7 Å². The summed E-state index contributed by atoms with van der Waals surface area (Å²) in [6.45, 7) is 0. The predicted molar refractivity (Wildman–Crippen MR) is 138 cm³/mol. The standard InChI is InChI=1S/3C6H7O3PS.Na.H/c3*7-11(8,9)6-3-1-2-5(10)4-6;;/h3*1-4H,10H2,(H,7,8,9);;/q;;;+1;-1. The molecule has 0 bridgehead atoms. The molecule has 3 aromatic rings. The summed E-state index contributed by atoms with van der Waals surface area (Å²) in [4.78, 5) is -0.236. The molecule has 3 rings (SSSR count). The Labute approximate surface area is 229 Å². The van der Waals surface area contributed by atoms with Crippen LogP contribution < -0.4 is 45.5 Å². The van der Waals surface area contributed by atoms with Gasteiger partial charge in [-0.25, -0.2) is 0 Å². The van der Waals surface area contributed by atoms with Crippen LogP contribution >= 0.6 is 27.7 Å². The molecule has 182 valence electrons. The van der Waals surface area contributed by atoms with E-state index >= 15 is 0 Å². The van der Waals surface area contributed by atoms with E-state index < -0.39 is 30.4 Å². The minimum Gasteiger partial charge on any atom is -1.00 e. The summed E-state index contributed by atoms with van der Waals surface area (Å²) >= 11 is 0. The average Bonchev–Trinajstić information content (AvgIpc) is 2.67. The maximum Gasteiger partial charge on any atom is 1.00 e. The van der Waals surface area contributed by atoms with Crippen LogP contribution in [0.5, 0.6) is 0 Å². The minimum atomic E-state index is -4.04. The Kier molecular flexibility index (Phi) is 14.3. The summed E-state index contributed by atoms with van der Waals surface area (Å²) in [5, 5.41) is 2.17. The monoisotopic (exact) mass is 594 g/mol. The molecule has 0 amide bonds. The van der Waals surface area contributed by atoms with E-state index in [1.54, 1.807) is 36.4 Å². The topological polar surface area (TPSA) is 163 Å². The second kappa shape index (κ2) is 14.4. The van der Waals surface area contributed by atoms with Crippen molar-refractivity contribution in [2.24, 2.45) is 0 Å². The first-order valence-corrected chi connectivity index (χ1v) is 14.5. The Hall–Kier alpha value is -0.320. The quantitative estimate of drug-likeness (QED) is 0.185. The van der Waals surface area contributed by atoms with E-state index in [1.807, 2.05) is 0 Å². The molecule has 34 heavy (non-hydrogen) atoms. The van der Waals surface area contributed by atoms with E-state index in [2.05, 4.69) is 27.7 Å². The van der Waals surface area contributed by atoms with Crippen LogP contribution in [0.25, 0.3) is 0 Å². The van der Waals surface area contributed by atoms with E-state index in [1.165, 1.54) is 36.4 Å². The summed E-state index contributed by atoms with van der Waals surface area (Å²) in [5.74, 6) is 0. The molecule has 3 atom stereocenters. The molecule has 0 aliphatic carbocycles. The van der Waals surface area contributed by atoms with Crippen molar-refractivity contribution in [1.82, 2.24) is 0 Å². The molecule has 0 radical (unpaired) electrons. The largest absolute Gasteiger partial charge is 1.00 e. The van der Waals surface area contributed by atoms with Gasteiger partial charge in [-0.3, -0.25) is 13.7 Å². The van der Waals surface area contributed by atoms with E-state index in [4.69, 9.17) is 13.7 Å². The van der Waals surface area contributed by atoms with Gasteiger partial charge in [0.25, 0.3) is 30.4 Å². The number of hydrogen-bond acceptors (Lipinski definition) is 6. The molecule has 16 heteroatoms. The second-order valence-electron chi connectivity index (χ2n) is 6.14. The van der Waals surface area contributed by atoms with Crippen molar-refractivity contribution in [2.75, 3.05) is 0 Å². The Morgan fingerprint density at radius 1 is 0.500 bits per heavy atom. The molecular weight excluding hydrogens is 572 g/mol. The van der Waals surface area contributed by atoms with Crippen LogP contribution in [0.1, 0.15) is 1.43 Å².